The van der Waals surface area contributed by atoms with Crippen molar-refractivity contribution in [1.82, 2.24) is 5.32 Å². The van der Waals surface area contributed by atoms with Gasteiger partial charge in [0.05, 0.1) is 0 Å². The molecule has 0 aromatic carbocycles. The lowest BCUT2D eigenvalue weighted by molar-refractivity contribution is -0.392. The van der Waals surface area contributed by atoms with Crippen LogP contribution in [0, 0.1) is 5.92 Å². The second kappa shape index (κ2) is 3.09. The van der Waals surface area contributed by atoms with Gasteiger partial charge in [-0.3, -0.25) is 0 Å². The molecule has 0 aliphatic carbocycles. The van der Waals surface area contributed by atoms with Gasteiger partial charge in [-0.05, 0) is 26.3 Å². The van der Waals surface area contributed by atoms with Gasteiger partial charge in [-0.2, -0.15) is 0 Å². The number of piperidine rings is 1. The van der Waals surface area contributed by atoms with Gasteiger partial charge in [0, 0.05) is 12.5 Å². The predicted octanol–water partition coefficient (Wildman–Crippen LogP) is 0.705. The van der Waals surface area contributed by atoms with Crippen molar-refractivity contribution in [1.29, 1.82) is 0 Å². The second-order valence-corrected chi connectivity index (χ2v) is 3.31. The Morgan fingerprint density at radius 2 is 2.18 bits per heavy atom. The van der Waals surface area contributed by atoms with Gasteiger partial charge in [-0.1, -0.05) is 0 Å². The standard InChI is InChI=1S/C8H15NO2/c1-6-10-8(11-6)7-3-2-4-9-5-7/h6-9H,2-5H2,1H3. The van der Waals surface area contributed by atoms with Crippen LogP contribution in [-0.2, 0) is 9.47 Å². The summed E-state index contributed by atoms with van der Waals surface area (Å²) in [5.74, 6) is 0.583. The molecule has 1 N–H and O–H groups in total. The zero-order valence-corrected chi connectivity index (χ0v) is 6.88. The summed E-state index contributed by atoms with van der Waals surface area (Å²) in [4.78, 5) is 0. The van der Waals surface area contributed by atoms with Crippen molar-refractivity contribution < 1.29 is 9.47 Å². The molecule has 2 rings (SSSR count). The summed E-state index contributed by atoms with van der Waals surface area (Å²) < 4.78 is 10.8. The van der Waals surface area contributed by atoms with Crippen LogP contribution >= 0.6 is 0 Å². The van der Waals surface area contributed by atoms with Gasteiger partial charge < -0.3 is 14.8 Å². The number of hydrogen-bond donors (Lipinski definition) is 1. The van der Waals surface area contributed by atoms with Crippen molar-refractivity contribution in [2.24, 2.45) is 5.92 Å². The Morgan fingerprint density at radius 3 is 2.73 bits per heavy atom. The van der Waals surface area contributed by atoms with Crippen LogP contribution in [0.1, 0.15) is 19.8 Å². The maximum absolute atomic E-state index is 5.42. The van der Waals surface area contributed by atoms with E-state index in [1.165, 1.54) is 12.8 Å². The van der Waals surface area contributed by atoms with Gasteiger partial charge in [0.1, 0.15) is 0 Å². The Morgan fingerprint density at radius 1 is 1.36 bits per heavy atom. The summed E-state index contributed by atoms with van der Waals surface area (Å²) >= 11 is 0. The molecule has 0 bridgehead atoms. The minimum atomic E-state index is 0.0296. The molecule has 2 aliphatic heterocycles. The molecule has 2 fully saturated rings. The minimum absolute atomic E-state index is 0.0296. The third-order valence-electron chi connectivity index (χ3n) is 2.37. The summed E-state index contributed by atoms with van der Waals surface area (Å²) in [6.45, 7) is 4.14. The summed E-state index contributed by atoms with van der Waals surface area (Å²) in [5.41, 5.74) is 0. The lowest BCUT2D eigenvalue weighted by Crippen LogP contribution is -2.48. The highest BCUT2D eigenvalue weighted by molar-refractivity contribution is 4.74. The first-order valence-corrected chi connectivity index (χ1v) is 4.38. The molecule has 64 valence electrons. The number of nitrogens with one attached hydrogen (secondary N) is 1. The van der Waals surface area contributed by atoms with E-state index in [1.54, 1.807) is 0 Å². The third-order valence-corrected chi connectivity index (χ3v) is 2.37. The first kappa shape index (κ1) is 7.53. The van der Waals surface area contributed by atoms with Gasteiger partial charge >= 0.3 is 0 Å². The van der Waals surface area contributed by atoms with Gasteiger partial charge in [-0.15, -0.1) is 0 Å². The van der Waals surface area contributed by atoms with Gasteiger partial charge in [0.15, 0.2) is 12.6 Å². The summed E-state index contributed by atoms with van der Waals surface area (Å²) in [6, 6.07) is 0. The zero-order chi connectivity index (χ0) is 7.68. The number of ether oxygens (including phenoxy) is 2. The summed E-state index contributed by atoms with van der Waals surface area (Å²) in [7, 11) is 0. The molecule has 0 spiro atoms. The molecular formula is C8H15NO2. The average Bonchev–Trinajstić information content (AvgIpc) is 2.01. The van der Waals surface area contributed by atoms with Crippen molar-refractivity contribution in [2.75, 3.05) is 13.1 Å². The molecule has 2 aliphatic rings. The monoisotopic (exact) mass is 157 g/mol. The Hall–Kier alpha value is -0.120. The Balaban J connectivity index is 1.76. The normalized spacial score (nSPS) is 45.0. The van der Waals surface area contributed by atoms with Crippen LogP contribution in [0.4, 0.5) is 0 Å². The fourth-order valence-electron chi connectivity index (χ4n) is 1.72. The van der Waals surface area contributed by atoms with Crippen LogP contribution in [0.25, 0.3) is 0 Å². The number of rotatable bonds is 1. The van der Waals surface area contributed by atoms with Crippen molar-refractivity contribution >= 4 is 0 Å². The highest BCUT2D eigenvalue weighted by Gasteiger charge is 2.34. The van der Waals surface area contributed by atoms with E-state index in [2.05, 4.69) is 5.32 Å². The van der Waals surface area contributed by atoms with Crippen LogP contribution in [0.2, 0.25) is 0 Å². The molecule has 0 aromatic heterocycles. The zero-order valence-electron chi connectivity index (χ0n) is 6.88. The van der Waals surface area contributed by atoms with E-state index >= 15 is 0 Å². The maximum Gasteiger partial charge on any atom is 0.167 e. The van der Waals surface area contributed by atoms with E-state index in [-0.39, 0.29) is 12.6 Å². The molecule has 1 unspecified atom stereocenters. The molecule has 0 radical (unpaired) electrons. The lowest BCUT2D eigenvalue weighted by Gasteiger charge is -2.40. The molecule has 0 saturated carbocycles. The smallest absolute Gasteiger partial charge is 0.167 e. The van der Waals surface area contributed by atoms with Crippen LogP contribution in [0.15, 0.2) is 0 Å². The van der Waals surface area contributed by atoms with E-state index < -0.39 is 0 Å². The Kier molecular flexibility index (Phi) is 2.11. The van der Waals surface area contributed by atoms with Crippen molar-refractivity contribution in [3.63, 3.8) is 0 Å². The molecule has 0 amide bonds. The average molecular weight is 157 g/mol. The van der Waals surface area contributed by atoms with Crippen LogP contribution in [-0.4, -0.2) is 25.7 Å². The van der Waals surface area contributed by atoms with Crippen molar-refractivity contribution in [3.05, 3.63) is 0 Å². The van der Waals surface area contributed by atoms with Gasteiger partial charge in [0.2, 0.25) is 0 Å². The summed E-state index contributed by atoms with van der Waals surface area (Å²) in [6.07, 6.45) is 2.60. The molecule has 3 nitrogen and oxygen atoms in total. The van der Waals surface area contributed by atoms with E-state index in [0.29, 0.717) is 5.92 Å². The quantitative estimate of drug-likeness (QED) is 0.608. The van der Waals surface area contributed by atoms with Gasteiger partial charge in [-0.25, -0.2) is 0 Å². The van der Waals surface area contributed by atoms with Gasteiger partial charge in [0.25, 0.3) is 0 Å². The first-order valence-electron chi connectivity index (χ1n) is 4.38. The Labute approximate surface area is 67.1 Å². The predicted molar refractivity (Wildman–Crippen MR) is 41.0 cm³/mol. The molecular weight excluding hydrogens is 142 g/mol. The fraction of sp³-hybridized carbons (Fsp3) is 1.00. The van der Waals surface area contributed by atoms with Crippen LogP contribution in [0.5, 0.6) is 0 Å². The first-order chi connectivity index (χ1) is 5.36. The lowest BCUT2D eigenvalue weighted by atomic mass is 9.98. The number of hydrogen-bond acceptors (Lipinski definition) is 3. The van der Waals surface area contributed by atoms with E-state index in [4.69, 9.17) is 9.47 Å². The third kappa shape index (κ3) is 1.55. The van der Waals surface area contributed by atoms with E-state index in [9.17, 15) is 0 Å². The molecule has 2 saturated heterocycles. The molecule has 3 heteroatoms. The molecule has 11 heavy (non-hydrogen) atoms. The topological polar surface area (TPSA) is 30.5 Å². The summed E-state index contributed by atoms with van der Waals surface area (Å²) in [5, 5.41) is 3.34. The van der Waals surface area contributed by atoms with E-state index in [1.807, 2.05) is 6.92 Å². The molecule has 1 atom stereocenters. The van der Waals surface area contributed by atoms with E-state index in [0.717, 1.165) is 13.1 Å². The van der Waals surface area contributed by atoms with Crippen molar-refractivity contribution in [2.45, 2.75) is 32.3 Å². The molecule has 2 heterocycles. The van der Waals surface area contributed by atoms with Crippen molar-refractivity contribution in [3.8, 4) is 0 Å². The Bertz CT molecular complexity index is 128. The largest absolute Gasteiger partial charge is 0.324 e. The van der Waals surface area contributed by atoms with Crippen LogP contribution in [0.3, 0.4) is 0 Å². The van der Waals surface area contributed by atoms with Crippen LogP contribution < -0.4 is 5.32 Å². The highest BCUT2D eigenvalue weighted by atomic mass is 16.9. The maximum atomic E-state index is 5.42. The SMILES string of the molecule is CC1OC(C2CCCNC2)O1. The molecule has 0 aromatic rings. The fourth-order valence-corrected chi connectivity index (χ4v) is 1.72. The highest BCUT2D eigenvalue weighted by Crippen LogP contribution is 2.27. The second-order valence-electron chi connectivity index (χ2n) is 3.31. The minimum Gasteiger partial charge on any atom is -0.324 e.